The number of nitrogens with one attached hydrogen (secondary N) is 2. The van der Waals surface area contributed by atoms with E-state index < -0.39 is 0 Å². The number of rotatable bonds is 5. The van der Waals surface area contributed by atoms with Crippen molar-refractivity contribution >= 4 is 11.6 Å². The lowest BCUT2D eigenvalue weighted by Crippen LogP contribution is -2.15. The number of phenols is 1. The predicted molar refractivity (Wildman–Crippen MR) is 64.6 cm³/mol. The van der Waals surface area contributed by atoms with Crippen LogP contribution >= 0.6 is 0 Å². The van der Waals surface area contributed by atoms with Gasteiger partial charge in [0.2, 0.25) is 5.91 Å². The van der Waals surface area contributed by atoms with Crippen molar-refractivity contribution in [2.45, 2.75) is 19.8 Å². The standard InChI is InChI=1S/C12H18N2O2/c1-9-5-6-11(15)10(8-9)14-12(16)4-3-7-13-2/h5-6,8,13,15H,3-4,7H2,1-2H3,(H,14,16). The molecule has 4 heteroatoms. The fourth-order valence-corrected chi connectivity index (χ4v) is 1.39. The first-order chi connectivity index (χ1) is 7.63. The monoisotopic (exact) mass is 222 g/mol. The van der Waals surface area contributed by atoms with Gasteiger partial charge in [0, 0.05) is 6.42 Å². The molecule has 0 aliphatic heterocycles. The Morgan fingerprint density at radius 3 is 2.88 bits per heavy atom. The molecular formula is C12H18N2O2. The third kappa shape index (κ3) is 3.90. The number of anilines is 1. The number of aromatic hydroxyl groups is 1. The first kappa shape index (κ1) is 12.5. The summed E-state index contributed by atoms with van der Waals surface area (Å²) in [7, 11) is 1.85. The SMILES string of the molecule is CNCCCC(=O)Nc1cc(C)ccc1O. The van der Waals surface area contributed by atoms with Gasteiger partial charge in [-0.25, -0.2) is 0 Å². The van der Waals surface area contributed by atoms with Crippen molar-refractivity contribution in [2.75, 3.05) is 18.9 Å². The van der Waals surface area contributed by atoms with E-state index in [9.17, 15) is 9.90 Å². The maximum atomic E-state index is 11.5. The molecular weight excluding hydrogens is 204 g/mol. The molecule has 1 aromatic carbocycles. The minimum absolute atomic E-state index is 0.0730. The van der Waals surface area contributed by atoms with E-state index in [1.54, 1.807) is 18.2 Å². The molecule has 16 heavy (non-hydrogen) atoms. The fourth-order valence-electron chi connectivity index (χ4n) is 1.39. The van der Waals surface area contributed by atoms with Crippen LogP contribution in [0.3, 0.4) is 0 Å². The van der Waals surface area contributed by atoms with Gasteiger partial charge in [-0.15, -0.1) is 0 Å². The molecule has 0 unspecified atom stereocenters. The summed E-state index contributed by atoms with van der Waals surface area (Å²) in [5.41, 5.74) is 1.48. The molecule has 0 aliphatic carbocycles. The van der Waals surface area contributed by atoms with Gasteiger partial charge in [0.15, 0.2) is 0 Å². The molecule has 88 valence electrons. The highest BCUT2D eigenvalue weighted by molar-refractivity contribution is 5.92. The van der Waals surface area contributed by atoms with Gasteiger partial charge in [0.05, 0.1) is 5.69 Å². The molecule has 3 N–H and O–H groups in total. The fraction of sp³-hybridized carbons (Fsp3) is 0.417. The van der Waals surface area contributed by atoms with Crippen LogP contribution in [0.1, 0.15) is 18.4 Å². The van der Waals surface area contributed by atoms with Crippen molar-refractivity contribution in [3.05, 3.63) is 23.8 Å². The highest BCUT2D eigenvalue weighted by Gasteiger charge is 2.05. The van der Waals surface area contributed by atoms with E-state index in [4.69, 9.17) is 0 Å². The second-order valence-corrected chi connectivity index (χ2v) is 3.78. The van der Waals surface area contributed by atoms with Crippen molar-refractivity contribution in [2.24, 2.45) is 0 Å². The van der Waals surface area contributed by atoms with Gasteiger partial charge < -0.3 is 15.7 Å². The molecule has 1 rings (SSSR count). The van der Waals surface area contributed by atoms with Crippen LogP contribution in [-0.2, 0) is 4.79 Å². The van der Waals surface area contributed by atoms with Crippen molar-refractivity contribution < 1.29 is 9.90 Å². The van der Waals surface area contributed by atoms with E-state index in [0.717, 1.165) is 18.5 Å². The molecule has 0 saturated heterocycles. The van der Waals surface area contributed by atoms with Gasteiger partial charge in [0.1, 0.15) is 5.75 Å². The molecule has 0 bridgehead atoms. The maximum Gasteiger partial charge on any atom is 0.224 e. The minimum Gasteiger partial charge on any atom is -0.506 e. The Bertz CT molecular complexity index is 364. The Kier molecular flexibility index (Phi) is 4.79. The van der Waals surface area contributed by atoms with Gasteiger partial charge in [-0.1, -0.05) is 6.07 Å². The van der Waals surface area contributed by atoms with Gasteiger partial charge >= 0.3 is 0 Å². The zero-order chi connectivity index (χ0) is 12.0. The van der Waals surface area contributed by atoms with Gasteiger partial charge in [-0.2, -0.15) is 0 Å². The molecule has 0 radical (unpaired) electrons. The quantitative estimate of drug-likeness (QED) is 0.524. The summed E-state index contributed by atoms with van der Waals surface area (Å²) in [5, 5.41) is 15.2. The summed E-state index contributed by atoms with van der Waals surface area (Å²) >= 11 is 0. The Hall–Kier alpha value is -1.55. The largest absolute Gasteiger partial charge is 0.506 e. The summed E-state index contributed by atoms with van der Waals surface area (Å²) in [6.45, 7) is 2.73. The minimum atomic E-state index is -0.0730. The number of phenolic OH excluding ortho intramolecular Hbond substituents is 1. The summed E-state index contributed by atoms with van der Waals surface area (Å²) < 4.78 is 0. The number of amides is 1. The zero-order valence-electron chi connectivity index (χ0n) is 9.71. The first-order valence-corrected chi connectivity index (χ1v) is 5.37. The Morgan fingerprint density at radius 1 is 1.44 bits per heavy atom. The van der Waals surface area contributed by atoms with E-state index in [2.05, 4.69) is 10.6 Å². The molecule has 1 aromatic rings. The van der Waals surface area contributed by atoms with E-state index in [-0.39, 0.29) is 11.7 Å². The normalized spacial score (nSPS) is 10.1. The van der Waals surface area contributed by atoms with Gasteiger partial charge in [-0.05, 0) is 44.6 Å². The third-order valence-corrected chi connectivity index (χ3v) is 2.26. The summed E-state index contributed by atoms with van der Waals surface area (Å²) in [6, 6.07) is 5.13. The smallest absolute Gasteiger partial charge is 0.224 e. The molecule has 0 fully saturated rings. The topological polar surface area (TPSA) is 61.4 Å². The lowest BCUT2D eigenvalue weighted by molar-refractivity contribution is -0.116. The van der Waals surface area contributed by atoms with E-state index in [0.29, 0.717) is 12.1 Å². The third-order valence-electron chi connectivity index (χ3n) is 2.26. The molecule has 0 heterocycles. The number of aryl methyl sites for hydroxylation is 1. The number of hydrogen-bond donors (Lipinski definition) is 3. The van der Waals surface area contributed by atoms with Gasteiger partial charge in [0.25, 0.3) is 0 Å². The number of carbonyl (C=O) groups is 1. The molecule has 4 nitrogen and oxygen atoms in total. The van der Waals surface area contributed by atoms with Crippen LogP contribution in [0.2, 0.25) is 0 Å². The summed E-state index contributed by atoms with van der Waals surface area (Å²) in [4.78, 5) is 11.5. The van der Waals surface area contributed by atoms with Crippen LogP contribution in [0.15, 0.2) is 18.2 Å². The Balaban J connectivity index is 2.52. The highest BCUT2D eigenvalue weighted by Crippen LogP contribution is 2.23. The molecule has 0 aromatic heterocycles. The van der Waals surface area contributed by atoms with Crippen LogP contribution in [-0.4, -0.2) is 24.6 Å². The lowest BCUT2D eigenvalue weighted by Gasteiger charge is -2.08. The Labute approximate surface area is 95.7 Å². The van der Waals surface area contributed by atoms with E-state index in [1.807, 2.05) is 14.0 Å². The maximum absolute atomic E-state index is 11.5. The van der Waals surface area contributed by atoms with Crippen LogP contribution in [0.25, 0.3) is 0 Å². The van der Waals surface area contributed by atoms with Crippen molar-refractivity contribution in [3.63, 3.8) is 0 Å². The van der Waals surface area contributed by atoms with Gasteiger partial charge in [-0.3, -0.25) is 4.79 Å². The van der Waals surface area contributed by atoms with Crippen molar-refractivity contribution in [3.8, 4) is 5.75 Å². The number of benzene rings is 1. The van der Waals surface area contributed by atoms with Crippen molar-refractivity contribution in [1.82, 2.24) is 5.32 Å². The van der Waals surface area contributed by atoms with E-state index in [1.165, 1.54) is 0 Å². The van der Waals surface area contributed by atoms with Crippen LogP contribution in [0, 0.1) is 6.92 Å². The molecule has 0 atom stereocenters. The average molecular weight is 222 g/mol. The van der Waals surface area contributed by atoms with Crippen LogP contribution in [0.5, 0.6) is 5.75 Å². The summed E-state index contributed by atoms with van der Waals surface area (Å²) in [6.07, 6.45) is 1.24. The van der Waals surface area contributed by atoms with E-state index >= 15 is 0 Å². The molecule has 0 aliphatic rings. The lowest BCUT2D eigenvalue weighted by atomic mass is 10.2. The highest BCUT2D eigenvalue weighted by atomic mass is 16.3. The van der Waals surface area contributed by atoms with Crippen LogP contribution < -0.4 is 10.6 Å². The Morgan fingerprint density at radius 2 is 2.19 bits per heavy atom. The zero-order valence-corrected chi connectivity index (χ0v) is 9.71. The number of carbonyl (C=O) groups excluding carboxylic acids is 1. The average Bonchev–Trinajstić information content (AvgIpc) is 2.24. The molecule has 1 amide bonds. The molecule has 0 spiro atoms. The predicted octanol–water partition coefficient (Wildman–Crippen LogP) is 1.64. The first-order valence-electron chi connectivity index (χ1n) is 5.37. The van der Waals surface area contributed by atoms with Crippen molar-refractivity contribution in [1.29, 1.82) is 0 Å². The van der Waals surface area contributed by atoms with Crippen LogP contribution in [0.4, 0.5) is 5.69 Å². The second kappa shape index (κ2) is 6.12. The summed E-state index contributed by atoms with van der Waals surface area (Å²) in [5.74, 6) is 0.0312. The molecule has 0 saturated carbocycles. The second-order valence-electron chi connectivity index (χ2n) is 3.78. The number of hydrogen-bond acceptors (Lipinski definition) is 3.